The number of rotatable bonds is 5. The summed E-state index contributed by atoms with van der Waals surface area (Å²) in [5, 5.41) is 5.83. The van der Waals surface area contributed by atoms with Crippen molar-refractivity contribution >= 4 is 28.4 Å². The Labute approximate surface area is 142 Å². The summed E-state index contributed by atoms with van der Waals surface area (Å²) in [6, 6.07) is 10.6. The van der Waals surface area contributed by atoms with E-state index in [1.165, 1.54) is 6.07 Å². The Hall–Kier alpha value is -3.22. The number of fused-ring (bicyclic) bond motifs is 1. The van der Waals surface area contributed by atoms with Gasteiger partial charge in [0.25, 0.3) is 0 Å². The molecule has 3 aromatic rings. The Morgan fingerprint density at radius 3 is 2.60 bits per heavy atom. The fourth-order valence-electron chi connectivity index (χ4n) is 2.47. The maximum atomic E-state index is 13.1. The summed E-state index contributed by atoms with van der Waals surface area (Å²) in [6.45, 7) is -0.264. The second-order valence-corrected chi connectivity index (χ2v) is 5.49. The fraction of sp³-hybridized carbons (Fsp3) is 0.111. The minimum absolute atomic E-state index is 0.120. The van der Waals surface area contributed by atoms with Crippen LogP contribution in [0.4, 0.5) is 14.5 Å². The second-order valence-electron chi connectivity index (χ2n) is 5.49. The highest BCUT2D eigenvalue weighted by Crippen LogP contribution is 2.18. The molecule has 0 aliphatic carbocycles. The number of H-pyrrole nitrogens is 1. The van der Waals surface area contributed by atoms with Crippen molar-refractivity contribution < 1.29 is 18.4 Å². The largest absolute Gasteiger partial charge is 0.361 e. The first-order valence-corrected chi connectivity index (χ1v) is 7.59. The highest BCUT2D eigenvalue weighted by atomic mass is 19.2. The van der Waals surface area contributed by atoms with Crippen LogP contribution in [0.15, 0.2) is 48.7 Å². The summed E-state index contributed by atoms with van der Waals surface area (Å²) in [4.78, 5) is 26.9. The molecule has 3 rings (SSSR count). The van der Waals surface area contributed by atoms with Crippen molar-refractivity contribution in [2.45, 2.75) is 6.42 Å². The number of hydrogen-bond donors (Lipinski definition) is 3. The van der Waals surface area contributed by atoms with Gasteiger partial charge in [-0.1, -0.05) is 18.2 Å². The number of benzene rings is 2. The minimum Gasteiger partial charge on any atom is -0.361 e. The molecule has 0 unspecified atom stereocenters. The first kappa shape index (κ1) is 16.6. The van der Waals surface area contributed by atoms with E-state index in [1.807, 2.05) is 24.3 Å². The topological polar surface area (TPSA) is 74.0 Å². The number of nitrogens with one attached hydrogen (secondary N) is 3. The summed E-state index contributed by atoms with van der Waals surface area (Å²) in [5.41, 5.74) is 1.88. The number of amides is 2. The Balaban J connectivity index is 1.53. The summed E-state index contributed by atoms with van der Waals surface area (Å²) < 4.78 is 25.9. The second kappa shape index (κ2) is 7.12. The maximum absolute atomic E-state index is 13.1. The van der Waals surface area contributed by atoms with Crippen LogP contribution >= 0.6 is 0 Å². The number of carbonyl (C=O) groups is 2. The number of hydrogen-bond acceptors (Lipinski definition) is 2. The van der Waals surface area contributed by atoms with Crippen molar-refractivity contribution in [3.8, 4) is 0 Å². The van der Waals surface area contributed by atoms with Gasteiger partial charge in [0.1, 0.15) is 0 Å². The molecule has 2 amide bonds. The standard InChI is InChI=1S/C18H15F2N3O2/c19-14-6-5-12(8-15(14)20)23-18(25)10-22-17(24)7-11-9-21-16-4-2-1-3-13(11)16/h1-6,8-9,21H,7,10H2,(H,22,24)(H,23,25). The highest BCUT2D eigenvalue weighted by molar-refractivity contribution is 5.95. The van der Waals surface area contributed by atoms with Gasteiger partial charge in [-0.15, -0.1) is 0 Å². The number of carbonyl (C=O) groups excluding carboxylic acids is 2. The lowest BCUT2D eigenvalue weighted by Crippen LogP contribution is -2.33. The van der Waals surface area contributed by atoms with Gasteiger partial charge in [-0.3, -0.25) is 9.59 Å². The van der Waals surface area contributed by atoms with Crippen molar-refractivity contribution in [1.82, 2.24) is 10.3 Å². The molecular weight excluding hydrogens is 328 g/mol. The van der Waals surface area contributed by atoms with Crippen LogP contribution in [0.2, 0.25) is 0 Å². The molecule has 1 heterocycles. The lowest BCUT2D eigenvalue weighted by Gasteiger charge is -2.07. The van der Waals surface area contributed by atoms with E-state index in [0.717, 1.165) is 28.6 Å². The van der Waals surface area contributed by atoms with Crippen LogP contribution in [0.25, 0.3) is 10.9 Å². The van der Waals surface area contributed by atoms with Crippen molar-refractivity contribution in [2.75, 3.05) is 11.9 Å². The zero-order valence-corrected chi connectivity index (χ0v) is 13.1. The molecule has 128 valence electrons. The van der Waals surface area contributed by atoms with E-state index in [4.69, 9.17) is 0 Å². The summed E-state index contributed by atoms with van der Waals surface area (Å²) >= 11 is 0. The lowest BCUT2D eigenvalue weighted by atomic mass is 10.1. The molecule has 0 radical (unpaired) electrons. The van der Waals surface area contributed by atoms with Crippen LogP contribution in [0.3, 0.4) is 0 Å². The van der Waals surface area contributed by atoms with E-state index in [0.29, 0.717) is 0 Å². The molecule has 0 bridgehead atoms. The van der Waals surface area contributed by atoms with E-state index in [-0.39, 0.29) is 24.6 Å². The maximum Gasteiger partial charge on any atom is 0.243 e. The average Bonchev–Trinajstić information content (AvgIpc) is 2.99. The Bertz CT molecular complexity index is 937. The molecule has 0 spiro atoms. The minimum atomic E-state index is -1.05. The third kappa shape index (κ3) is 4.00. The molecule has 0 aliphatic heterocycles. The number of para-hydroxylation sites is 1. The molecule has 0 atom stereocenters. The third-order valence-corrected chi connectivity index (χ3v) is 3.68. The van der Waals surface area contributed by atoms with E-state index in [9.17, 15) is 18.4 Å². The zero-order valence-electron chi connectivity index (χ0n) is 13.1. The average molecular weight is 343 g/mol. The number of anilines is 1. The molecule has 0 aliphatic rings. The van der Waals surface area contributed by atoms with Gasteiger partial charge in [0.2, 0.25) is 11.8 Å². The molecule has 7 heteroatoms. The van der Waals surface area contributed by atoms with Crippen LogP contribution in [-0.2, 0) is 16.0 Å². The lowest BCUT2D eigenvalue weighted by molar-refractivity contribution is -0.123. The molecule has 25 heavy (non-hydrogen) atoms. The van der Waals surface area contributed by atoms with Crippen molar-refractivity contribution in [3.63, 3.8) is 0 Å². The van der Waals surface area contributed by atoms with Crippen LogP contribution in [-0.4, -0.2) is 23.3 Å². The van der Waals surface area contributed by atoms with Crippen molar-refractivity contribution in [2.24, 2.45) is 0 Å². The first-order chi connectivity index (χ1) is 12.0. The predicted molar refractivity (Wildman–Crippen MR) is 90.0 cm³/mol. The van der Waals surface area contributed by atoms with Crippen molar-refractivity contribution in [3.05, 3.63) is 65.9 Å². The molecule has 0 saturated carbocycles. The molecular formula is C18H15F2N3O2. The Kier molecular flexibility index (Phi) is 4.74. The molecule has 1 aromatic heterocycles. The van der Waals surface area contributed by atoms with E-state index >= 15 is 0 Å². The van der Waals surface area contributed by atoms with Gasteiger partial charge < -0.3 is 15.6 Å². The SMILES string of the molecule is O=C(Cc1c[nH]c2ccccc12)NCC(=O)Nc1ccc(F)c(F)c1. The quantitative estimate of drug-likeness (QED) is 0.666. The van der Waals surface area contributed by atoms with Crippen molar-refractivity contribution in [1.29, 1.82) is 0 Å². The van der Waals surface area contributed by atoms with Gasteiger partial charge in [0.15, 0.2) is 11.6 Å². The van der Waals surface area contributed by atoms with Gasteiger partial charge >= 0.3 is 0 Å². The zero-order chi connectivity index (χ0) is 17.8. The van der Waals surface area contributed by atoms with Crippen LogP contribution < -0.4 is 10.6 Å². The number of aromatic amines is 1. The van der Waals surface area contributed by atoms with Crippen LogP contribution in [0.1, 0.15) is 5.56 Å². The molecule has 2 aromatic carbocycles. The highest BCUT2D eigenvalue weighted by Gasteiger charge is 2.11. The fourth-order valence-corrected chi connectivity index (χ4v) is 2.47. The predicted octanol–water partition coefficient (Wildman–Crippen LogP) is 2.74. The monoisotopic (exact) mass is 343 g/mol. The Morgan fingerprint density at radius 2 is 1.80 bits per heavy atom. The van der Waals surface area contributed by atoms with Gasteiger partial charge in [-0.2, -0.15) is 0 Å². The molecule has 0 fully saturated rings. The van der Waals surface area contributed by atoms with Gasteiger partial charge in [-0.05, 0) is 23.8 Å². The first-order valence-electron chi connectivity index (χ1n) is 7.59. The van der Waals surface area contributed by atoms with E-state index in [1.54, 1.807) is 6.20 Å². The van der Waals surface area contributed by atoms with Crippen LogP contribution in [0.5, 0.6) is 0 Å². The normalized spacial score (nSPS) is 10.6. The smallest absolute Gasteiger partial charge is 0.243 e. The Morgan fingerprint density at radius 1 is 1.00 bits per heavy atom. The molecule has 0 saturated heterocycles. The van der Waals surface area contributed by atoms with Gasteiger partial charge in [0, 0.05) is 28.9 Å². The summed E-state index contributed by atoms with van der Waals surface area (Å²) in [6.07, 6.45) is 1.88. The molecule has 3 N–H and O–H groups in total. The van der Waals surface area contributed by atoms with Gasteiger partial charge in [-0.25, -0.2) is 8.78 Å². The number of halogens is 2. The van der Waals surface area contributed by atoms with Gasteiger partial charge in [0.05, 0.1) is 13.0 Å². The van der Waals surface area contributed by atoms with E-state index < -0.39 is 17.5 Å². The van der Waals surface area contributed by atoms with E-state index in [2.05, 4.69) is 15.6 Å². The summed E-state index contributed by atoms with van der Waals surface area (Å²) in [7, 11) is 0. The van der Waals surface area contributed by atoms with Crippen LogP contribution in [0, 0.1) is 11.6 Å². The number of aromatic nitrogens is 1. The third-order valence-electron chi connectivity index (χ3n) is 3.68. The summed E-state index contributed by atoms with van der Waals surface area (Å²) in [5.74, 6) is -2.89. The molecule has 5 nitrogen and oxygen atoms in total.